The molecule has 3 N–H and O–H groups in total. The van der Waals surface area contributed by atoms with Gasteiger partial charge in [0, 0.05) is 18.8 Å². The molecular weight excluding hydrogens is 225 g/mol. The molecule has 0 saturated heterocycles. The maximum atomic E-state index is 12.8. The number of amides is 3. The Morgan fingerprint density at radius 3 is 2.88 bits per heavy atom. The molecule has 0 aliphatic carbocycles. The maximum Gasteiger partial charge on any atom is 0.319 e. The normalized spacial score (nSPS) is 9.47. The zero-order valence-corrected chi connectivity index (χ0v) is 9.20. The quantitative estimate of drug-likeness (QED) is 0.513. The van der Waals surface area contributed by atoms with E-state index in [4.69, 9.17) is 0 Å². The molecule has 5 nitrogen and oxygen atoms in total. The van der Waals surface area contributed by atoms with Gasteiger partial charge in [-0.25, -0.2) is 9.18 Å². The molecule has 0 aliphatic rings. The summed E-state index contributed by atoms with van der Waals surface area (Å²) in [4.78, 5) is 21.3. The van der Waals surface area contributed by atoms with Gasteiger partial charge in [0.1, 0.15) is 5.82 Å². The summed E-state index contributed by atoms with van der Waals surface area (Å²) >= 11 is 0. The molecule has 92 valence electrons. The molecule has 1 rings (SSSR count). The number of nitrogens with one attached hydrogen (secondary N) is 3. The Labute approximate surface area is 98.4 Å². The predicted octanol–water partition coefficient (Wildman–Crippen LogP) is 1.08. The minimum Gasteiger partial charge on any atom is -0.359 e. The highest BCUT2D eigenvalue weighted by molar-refractivity contribution is 5.89. The van der Waals surface area contributed by atoms with Crippen molar-refractivity contribution in [3.8, 4) is 0 Å². The standard InChI is InChI=1S/C11H14FN3O2/c12-9-3-1-4-10(7-9)15-11(17)14-6-2-5-13-8-16/h1,3-4,7-8H,2,5-6H2,(H,13,16)(H2,14,15,17). The molecule has 6 heteroatoms. The van der Waals surface area contributed by atoms with E-state index < -0.39 is 11.8 Å². The second-order valence-electron chi connectivity index (χ2n) is 3.32. The first-order valence-corrected chi connectivity index (χ1v) is 5.20. The molecular formula is C11H14FN3O2. The number of halogens is 1. The molecule has 0 heterocycles. The zero-order chi connectivity index (χ0) is 12.5. The van der Waals surface area contributed by atoms with Crippen molar-refractivity contribution in [3.05, 3.63) is 30.1 Å². The van der Waals surface area contributed by atoms with Crippen LogP contribution in [-0.4, -0.2) is 25.5 Å². The molecule has 0 aliphatic heterocycles. The predicted molar refractivity (Wildman–Crippen MR) is 62.1 cm³/mol. The van der Waals surface area contributed by atoms with Gasteiger partial charge < -0.3 is 16.0 Å². The molecule has 0 spiro atoms. The van der Waals surface area contributed by atoms with E-state index in [0.717, 1.165) is 0 Å². The lowest BCUT2D eigenvalue weighted by Crippen LogP contribution is -2.31. The third-order valence-corrected chi connectivity index (χ3v) is 1.95. The number of urea groups is 1. The van der Waals surface area contributed by atoms with E-state index >= 15 is 0 Å². The molecule has 0 radical (unpaired) electrons. The van der Waals surface area contributed by atoms with Crippen LogP contribution in [0, 0.1) is 5.82 Å². The van der Waals surface area contributed by atoms with Crippen LogP contribution in [0.5, 0.6) is 0 Å². The van der Waals surface area contributed by atoms with Gasteiger partial charge in [0.25, 0.3) is 0 Å². The highest BCUT2D eigenvalue weighted by atomic mass is 19.1. The van der Waals surface area contributed by atoms with E-state index in [1.54, 1.807) is 6.07 Å². The number of carbonyl (C=O) groups excluding carboxylic acids is 2. The third-order valence-electron chi connectivity index (χ3n) is 1.95. The van der Waals surface area contributed by atoms with Gasteiger partial charge >= 0.3 is 6.03 Å². The molecule has 17 heavy (non-hydrogen) atoms. The Balaban J connectivity index is 2.23. The number of benzene rings is 1. The molecule has 3 amide bonds. The van der Waals surface area contributed by atoms with Gasteiger partial charge in [-0.05, 0) is 24.6 Å². The van der Waals surface area contributed by atoms with Gasteiger partial charge in [0.05, 0.1) is 0 Å². The smallest absolute Gasteiger partial charge is 0.319 e. The molecule has 0 saturated carbocycles. The van der Waals surface area contributed by atoms with Crippen LogP contribution in [-0.2, 0) is 4.79 Å². The number of anilines is 1. The van der Waals surface area contributed by atoms with Crippen LogP contribution < -0.4 is 16.0 Å². The maximum absolute atomic E-state index is 12.8. The van der Waals surface area contributed by atoms with Gasteiger partial charge in [-0.1, -0.05) is 6.07 Å². The van der Waals surface area contributed by atoms with E-state index in [9.17, 15) is 14.0 Å². The highest BCUT2D eigenvalue weighted by Crippen LogP contribution is 2.08. The van der Waals surface area contributed by atoms with Crippen LogP contribution in [0.4, 0.5) is 14.9 Å². The lowest BCUT2D eigenvalue weighted by molar-refractivity contribution is -0.109. The molecule has 1 aromatic carbocycles. The van der Waals surface area contributed by atoms with Crippen molar-refractivity contribution >= 4 is 18.1 Å². The van der Waals surface area contributed by atoms with Gasteiger partial charge in [-0.3, -0.25) is 4.79 Å². The summed E-state index contributed by atoms with van der Waals surface area (Å²) in [5.41, 5.74) is 0.397. The first kappa shape index (κ1) is 13.0. The molecule has 0 bridgehead atoms. The fraction of sp³-hybridized carbons (Fsp3) is 0.273. The lowest BCUT2D eigenvalue weighted by Gasteiger charge is -2.07. The van der Waals surface area contributed by atoms with Crippen molar-refractivity contribution < 1.29 is 14.0 Å². The van der Waals surface area contributed by atoms with Crippen LogP contribution in [0.15, 0.2) is 24.3 Å². The molecule has 0 aromatic heterocycles. The van der Waals surface area contributed by atoms with E-state index in [0.29, 0.717) is 31.6 Å². The largest absolute Gasteiger partial charge is 0.359 e. The summed E-state index contributed by atoms with van der Waals surface area (Å²) in [7, 11) is 0. The topological polar surface area (TPSA) is 70.2 Å². The Kier molecular flexibility index (Phi) is 5.50. The summed E-state index contributed by atoms with van der Waals surface area (Å²) in [5, 5.41) is 7.55. The fourth-order valence-electron chi connectivity index (χ4n) is 1.19. The Morgan fingerprint density at radius 1 is 1.35 bits per heavy atom. The third kappa shape index (κ3) is 5.50. The van der Waals surface area contributed by atoms with E-state index in [1.807, 2.05) is 0 Å². The Hall–Kier alpha value is -2.11. The Bertz CT molecular complexity index is 385. The SMILES string of the molecule is O=CNCCCNC(=O)Nc1cccc(F)c1. The van der Waals surface area contributed by atoms with Gasteiger partial charge in [0.15, 0.2) is 0 Å². The van der Waals surface area contributed by atoms with Crippen molar-refractivity contribution in [1.82, 2.24) is 10.6 Å². The number of hydrogen-bond donors (Lipinski definition) is 3. The summed E-state index contributed by atoms with van der Waals surface area (Å²) in [6, 6.07) is 5.23. The average molecular weight is 239 g/mol. The zero-order valence-electron chi connectivity index (χ0n) is 9.20. The van der Waals surface area contributed by atoms with E-state index in [-0.39, 0.29) is 0 Å². The highest BCUT2D eigenvalue weighted by Gasteiger charge is 2.01. The minimum absolute atomic E-state index is 0.397. The summed E-state index contributed by atoms with van der Waals surface area (Å²) in [6.07, 6.45) is 1.24. The number of carbonyl (C=O) groups is 2. The van der Waals surface area contributed by atoms with Gasteiger partial charge in [-0.2, -0.15) is 0 Å². The van der Waals surface area contributed by atoms with Crippen LogP contribution in [0.1, 0.15) is 6.42 Å². The van der Waals surface area contributed by atoms with Crippen molar-refractivity contribution in [2.45, 2.75) is 6.42 Å². The molecule has 0 unspecified atom stereocenters. The van der Waals surface area contributed by atoms with Crippen molar-refractivity contribution in [1.29, 1.82) is 0 Å². The second-order valence-corrected chi connectivity index (χ2v) is 3.32. The monoisotopic (exact) mass is 239 g/mol. The van der Waals surface area contributed by atoms with Crippen molar-refractivity contribution in [3.63, 3.8) is 0 Å². The van der Waals surface area contributed by atoms with Crippen LogP contribution in [0.3, 0.4) is 0 Å². The van der Waals surface area contributed by atoms with Crippen molar-refractivity contribution in [2.24, 2.45) is 0 Å². The van der Waals surface area contributed by atoms with Gasteiger partial charge in [0.2, 0.25) is 6.41 Å². The lowest BCUT2D eigenvalue weighted by atomic mass is 10.3. The summed E-state index contributed by atoms with van der Waals surface area (Å²) in [6.45, 7) is 0.936. The second kappa shape index (κ2) is 7.21. The molecule has 0 atom stereocenters. The van der Waals surface area contributed by atoms with Crippen LogP contribution >= 0.6 is 0 Å². The van der Waals surface area contributed by atoms with Crippen molar-refractivity contribution in [2.75, 3.05) is 18.4 Å². The number of hydrogen-bond acceptors (Lipinski definition) is 2. The van der Waals surface area contributed by atoms with Crippen LogP contribution in [0.25, 0.3) is 0 Å². The average Bonchev–Trinajstić information content (AvgIpc) is 2.29. The summed E-state index contributed by atoms with van der Waals surface area (Å²) < 4.78 is 12.8. The molecule has 0 fully saturated rings. The van der Waals surface area contributed by atoms with Gasteiger partial charge in [-0.15, -0.1) is 0 Å². The Morgan fingerprint density at radius 2 is 2.18 bits per heavy atom. The van der Waals surface area contributed by atoms with E-state index in [1.165, 1.54) is 18.2 Å². The summed E-state index contributed by atoms with van der Waals surface area (Å²) in [5.74, 6) is -0.405. The first-order valence-electron chi connectivity index (χ1n) is 5.20. The fourth-order valence-corrected chi connectivity index (χ4v) is 1.19. The first-order chi connectivity index (χ1) is 8.22. The minimum atomic E-state index is -0.405. The number of rotatable bonds is 6. The van der Waals surface area contributed by atoms with Crippen LogP contribution in [0.2, 0.25) is 0 Å². The molecule has 1 aromatic rings. The van der Waals surface area contributed by atoms with E-state index in [2.05, 4.69) is 16.0 Å².